The Balaban J connectivity index is 2.51. The first-order valence-electron chi connectivity index (χ1n) is 4.67. The minimum atomic E-state index is -0.323. The van der Waals surface area contributed by atoms with Crippen molar-refractivity contribution in [3.05, 3.63) is 33.1 Å². The summed E-state index contributed by atoms with van der Waals surface area (Å²) in [7, 11) is 0. The average molecular weight is 275 g/mol. The van der Waals surface area contributed by atoms with Crippen LogP contribution in [0.4, 0.5) is 0 Å². The van der Waals surface area contributed by atoms with E-state index in [1.807, 2.05) is 0 Å². The molecule has 0 atom stereocenters. The number of halogens is 2. The van der Waals surface area contributed by atoms with Crippen molar-refractivity contribution in [3.63, 3.8) is 0 Å². The summed E-state index contributed by atoms with van der Waals surface area (Å²) in [4.78, 5) is 12.1. The van der Waals surface area contributed by atoms with E-state index >= 15 is 0 Å². The highest BCUT2D eigenvalue weighted by atomic mass is 35.5. The molecule has 2 rings (SSSR count). The van der Waals surface area contributed by atoms with Crippen molar-refractivity contribution in [2.75, 3.05) is 6.61 Å². The maximum atomic E-state index is 11.5. The van der Waals surface area contributed by atoms with Gasteiger partial charge in [-0.25, -0.2) is 4.79 Å². The Morgan fingerprint density at radius 2 is 2.12 bits per heavy atom. The Morgan fingerprint density at radius 3 is 2.81 bits per heavy atom. The number of carbonyl (C=O) groups is 1. The SMILES string of the molecule is CCOC(=O)c1cc2cc(Cl)cc(Cl)c2s1. The van der Waals surface area contributed by atoms with E-state index in [4.69, 9.17) is 27.9 Å². The van der Waals surface area contributed by atoms with Crippen LogP contribution in [0.2, 0.25) is 10.0 Å². The molecule has 0 N–H and O–H groups in total. The normalized spacial score (nSPS) is 10.7. The fourth-order valence-electron chi connectivity index (χ4n) is 1.38. The lowest BCUT2D eigenvalue weighted by atomic mass is 10.2. The zero-order chi connectivity index (χ0) is 11.7. The molecule has 84 valence electrons. The van der Waals surface area contributed by atoms with E-state index < -0.39 is 0 Å². The molecular formula is C11H8Cl2O2S. The molecule has 1 aromatic heterocycles. The molecule has 0 amide bonds. The third-order valence-corrected chi connectivity index (χ3v) is 3.80. The Morgan fingerprint density at radius 1 is 1.38 bits per heavy atom. The van der Waals surface area contributed by atoms with Gasteiger partial charge in [-0.15, -0.1) is 11.3 Å². The molecule has 2 nitrogen and oxygen atoms in total. The third-order valence-electron chi connectivity index (χ3n) is 2.01. The maximum absolute atomic E-state index is 11.5. The van der Waals surface area contributed by atoms with Gasteiger partial charge in [-0.1, -0.05) is 23.2 Å². The lowest BCUT2D eigenvalue weighted by molar-refractivity contribution is 0.0532. The lowest BCUT2D eigenvalue weighted by Crippen LogP contribution is -2.01. The summed E-state index contributed by atoms with van der Waals surface area (Å²) in [5, 5.41) is 1.99. The molecule has 0 unspecified atom stereocenters. The number of ether oxygens (including phenoxy) is 1. The average Bonchev–Trinajstić information content (AvgIpc) is 2.62. The molecule has 2 aromatic rings. The minimum Gasteiger partial charge on any atom is -0.462 e. The highest BCUT2D eigenvalue weighted by Crippen LogP contribution is 2.34. The number of benzene rings is 1. The van der Waals surface area contributed by atoms with Crippen molar-refractivity contribution < 1.29 is 9.53 Å². The zero-order valence-electron chi connectivity index (χ0n) is 8.42. The van der Waals surface area contributed by atoms with Crippen molar-refractivity contribution in [3.8, 4) is 0 Å². The zero-order valence-corrected chi connectivity index (χ0v) is 10.7. The number of hydrogen-bond donors (Lipinski definition) is 0. The van der Waals surface area contributed by atoms with Crippen molar-refractivity contribution in [2.24, 2.45) is 0 Å². The Hall–Kier alpha value is -0.770. The van der Waals surface area contributed by atoms with Crippen LogP contribution in [-0.2, 0) is 4.74 Å². The lowest BCUT2D eigenvalue weighted by Gasteiger charge is -1.95. The van der Waals surface area contributed by atoms with Gasteiger partial charge in [-0.3, -0.25) is 0 Å². The molecule has 0 radical (unpaired) electrons. The second kappa shape index (κ2) is 4.62. The smallest absolute Gasteiger partial charge is 0.348 e. The number of rotatable bonds is 2. The fourth-order valence-corrected chi connectivity index (χ4v) is 2.94. The van der Waals surface area contributed by atoms with Crippen LogP contribution in [0.15, 0.2) is 18.2 Å². The van der Waals surface area contributed by atoms with Gasteiger partial charge >= 0.3 is 5.97 Å². The first-order chi connectivity index (χ1) is 7.61. The summed E-state index contributed by atoms with van der Waals surface area (Å²) >= 11 is 13.2. The van der Waals surface area contributed by atoms with Gasteiger partial charge in [0.25, 0.3) is 0 Å². The van der Waals surface area contributed by atoms with E-state index in [9.17, 15) is 4.79 Å². The fraction of sp³-hybridized carbons (Fsp3) is 0.182. The van der Waals surface area contributed by atoms with E-state index in [0.29, 0.717) is 21.5 Å². The molecule has 1 aromatic carbocycles. The van der Waals surface area contributed by atoms with Gasteiger partial charge in [0.2, 0.25) is 0 Å². The van der Waals surface area contributed by atoms with Gasteiger partial charge in [0.15, 0.2) is 0 Å². The topological polar surface area (TPSA) is 26.3 Å². The molecule has 0 fully saturated rings. The Kier molecular flexibility index (Phi) is 3.38. The number of fused-ring (bicyclic) bond motifs is 1. The van der Waals surface area contributed by atoms with E-state index in [1.54, 1.807) is 25.1 Å². The van der Waals surface area contributed by atoms with Gasteiger partial charge in [0.05, 0.1) is 16.3 Å². The van der Waals surface area contributed by atoms with E-state index in [0.717, 1.165) is 10.1 Å². The van der Waals surface area contributed by atoms with Crippen LogP contribution in [0, 0.1) is 0 Å². The highest BCUT2D eigenvalue weighted by Gasteiger charge is 2.13. The number of carbonyl (C=O) groups excluding carboxylic acids is 1. The van der Waals surface area contributed by atoms with Crippen LogP contribution in [0.3, 0.4) is 0 Å². The molecule has 5 heteroatoms. The molecule has 0 saturated heterocycles. The second-order valence-electron chi connectivity index (χ2n) is 3.14. The van der Waals surface area contributed by atoms with Crippen LogP contribution < -0.4 is 0 Å². The van der Waals surface area contributed by atoms with E-state index in [-0.39, 0.29) is 5.97 Å². The van der Waals surface area contributed by atoms with Crippen LogP contribution in [-0.4, -0.2) is 12.6 Å². The summed E-state index contributed by atoms with van der Waals surface area (Å²) < 4.78 is 5.78. The van der Waals surface area contributed by atoms with Crippen LogP contribution in [0.1, 0.15) is 16.6 Å². The molecule has 0 bridgehead atoms. The standard InChI is InChI=1S/C11H8Cl2O2S/c1-2-15-11(14)9-4-6-3-7(12)5-8(13)10(6)16-9/h3-5H,2H2,1H3. The minimum absolute atomic E-state index is 0.323. The van der Waals surface area contributed by atoms with E-state index in [2.05, 4.69) is 0 Å². The van der Waals surface area contributed by atoms with Gasteiger partial charge in [-0.05, 0) is 30.5 Å². The summed E-state index contributed by atoms with van der Waals surface area (Å²) in [6.07, 6.45) is 0. The molecule has 0 aliphatic carbocycles. The molecule has 16 heavy (non-hydrogen) atoms. The first-order valence-corrected chi connectivity index (χ1v) is 6.24. The molecule has 0 aliphatic rings. The quantitative estimate of drug-likeness (QED) is 0.760. The van der Waals surface area contributed by atoms with Crippen molar-refractivity contribution in [1.82, 2.24) is 0 Å². The molecule has 0 aliphatic heterocycles. The van der Waals surface area contributed by atoms with Crippen LogP contribution in [0.25, 0.3) is 10.1 Å². The van der Waals surface area contributed by atoms with Crippen LogP contribution >= 0.6 is 34.5 Å². The largest absolute Gasteiger partial charge is 0.462 e. The Bertz CT molecular complexity index is 548. The highest BCUT2D eigenvalue weighted by molar-refractivity contribution is 7.21. The van der Waals surface area contributed by atoms with Crippen LogP contribution in [0.5, 0.6) is 0 Å². The van der Waals surface area contributed by atoms with Gasteiger partial charge in [0.1, 0.15) is 4.88 Å². The monoisotopic (exact) mass is 274 g/mol. The van der Waals surface area contributed by atoms with E-state index in [1.165, 1.54) is 11.3 Å². The Labute approximate surface area is 107 Å². The maximum Gasteiger partial charge on any atom is 0.348 e. The van der Waals surface area contributed by atoms with Crippen molar-refractivity contribution in [1.29, 1.82) is 0 Å². The molecule has 0 saturated carbocycles. The third kappa shape index (κ3) is 2.17. The van der Waals surface area contributed by atoms with Gasteiger partial charge in [0, 0.05) is 5.02 Å². The summed E-state index contributed by atoms with van der Waals surface area (Å²) in [6.45, 7) is 2.14. The molecular weight excluding hydrogens is 267 g/mol. The number of thiophene rings is 1. The predicted molar refractivity (Wildman–Crippen MR) is 67.8 cm³/mol. The summed E-state index contributed by atoms with van der Waals surface area (Å²) in [5.41, 5.74) is 0. The number of esters is 1. The van der Waals surface area contributed by atoms with Gasteiger partial charge < -0.3 is 4.74 Å². The van der Waals surface area contributed by atoms with Crippen molar-refractivity contribution >= 4 is 50.6 Å². The second-order valence-corrected chi connectivity index (χ2v) is 5.03. The van der Waals surface area contributed by atoms with Gasteiger partial charge in [-0.2, -0.15) is 0 Å². The molecule has 1 heterocycles. The molecule has 0 spiro atoms. The first kappa shape index (κ1) is 11.7. The summed E-state index contributed by atoms with van der Waals surface area (Å²) in [6, 6.07) is 5.19. The predicted octanol–water partition coefficient (Wildman–Crippen LogP) is 4.38. The van der Waals surface area contributed by atoms with Crippen molar-refractivity contribution in [2.45, 2.75) is 6.92 Å². The number of hydrogen-bond acceptors (Lipinski definition) is 3. The summed E-state index contributed by atoms with van der Waals surface area (Å²) in [5.74, 6) is -0.323.